The van der Waals surface area contributed by atoms with Gasteiger partial charge in [0.05, 0.1) is 0 Å². The first-order valence-corrected chi connectivity index (χ1v) is 7.56. The van der Waals surface area contributed by atoms with Crippen LogP contribution in [0.5, 0.6) is 5.75 Å². The molecule has 3 aromatic rings. The molecule has 2 heterocycles. The van der Waals surface area contributed by atoms with Gasteiger partial charge in [0.2, 0.25) is 4.96 Å². The fraction of sp³-hybridized carbons (Fsp3) is 0.357. The van der Waals surface area contributed by atoms with Crippen molar-refractivity contribution in [1.82, 2.24) is 19.8 Å². The van der Waals surface area contributed by atoms with E-state index in [1.165, 1.54) is 30.6 Å². The van der Waals surface area contributed by atoms with Crippen LogP contribution in [0.25, 0.3) is 15.5 Å². The molecule has 1 saturated carbocycles. The fourth-order valence-electron chi connectivity index (χ4n) is 2.46. The van der Waals surface area contributed by atoms with Crippen LogP contribution >= 0.6 is 11.3 Å². The number of fused-ring (bicyclic) bond motifs is 1. The topological polar surface area (TPSA) is 63.3 Å². The van der Waals surface area contributed by atoms with Gasteiger partial charge in [-0.25, -0.2) is 0 Å². The van der Waals surface area contributed by atoms with Crippen LogP contribution in [-0.2, 0) is 0 Å². The second-order valence-electron chi connectivity index (χ2n) is 5.29. The molecule has 5 nitrogen and oxygen atoms in total. The molecule has 1 fully saturated rings. The Morgan fingerprint density at radius 1 is 1.30 bits per heavy atom. The van der Waals surface area contributed by atoms with E-state index in [0.717, 1.165) is 26.9 Å². The van der Waals surface area contributed by atoms with Crippen molar-refractivity contribution in [2.75, 3.05) is 0 Å². The number of hydrogen-bond donors (Lipinski definition) is 1. The summed E-state index contributed by atoms with van der Waals surface area (Å²) in [5, 5.41) is 23.7. The van der Waals surface area contributed by atoms with Gasteiger partial charge in [-0.3, -0.25) is 0 Å². The molecule has 1 aliphatic rings. The molecule has 6 heteroatoms. The highest BCUT2D eigenvalue weighted by Crippen LogP contribution is 2.36. The highest BCUT2D eigenvalue weighted by molar-refractivity contribution is 7.19. The predicted octanol–water partition coefficient (Wildman–Crippen LogP) is 3.13. The molecule has 1 N–H and O–H groups in total. The minimum Gasteiger partial charge on any atom is -0.508 e. The molecule has 0 bridgehead atoms. The summed E-state index contributed by atoms with van der Waals surface area (Å²) in [6.45, 7) is 1.89. The largest absolute Gasteiger partial charge is 0.508 e. The number of aromatic nitrogens is 4. The van der Waals surface area contributed by atoms with Crippen LogP contribution < -0.4 is 0 Å². The zero-order chi connectivity index (χ0) is 13.7. The van der Waals surface area contributed by atoms with Crippen molar-refractivity contribution in [1.29, 1.82) is 0 Å². The predicted molar refractivity (Wildman–Crippen MR) is 77.1 cm³/mol. The summed E-state index contributed by atoms with van der Waals surface area (Å²) in [5.41, 5.74) is 1.86. The van der Waals surface area contributed by atoms with Gasteiger partial charge in [0.1, 0.15) is 10.8 Å². The molecule has 0 aliphatic heterocycles. The number of aromatic hydroxyl groups is 1. The van der Waals surface area contributed by atoms with E-state index in [2.05, 4.69) is 15.3 Å². The third kappa shape index (κ3) is 1.71. The van der Waals surface area contributed by atoms with Crippen LogP contribution in [-0.4, -0.2) is 24.9 Å². The quantitative estimate of drug-likeness (QED) is 0.786. The molecule has 4 rings (SSSR count). The van der Waals surface area contributed by atoms with Crippen LogP contribution in [0.15, 0.2) is 18.2 Å². The molecule has 0 atom stereocenters. The van der Waals surface area contributed by atoms with E-state index in [9.17, 15) is 5.11 Å². The van der Waals surface area contributed by atoms with Crippen LogP contribution in [0.2, 0.25) is 0 Å². The SMILES string of the molecule is Cc1cc(-c2nn3c(C4CCC4)nnc3s2)ccc1O. The van der Waals surface area contributed by atoms with Crippen LogP contribution in [0.4, 0.5) is 0 Å². The van der Waals surface area contributed by atoms with Gasteiger partial charge in [-0.2, -0.15) is 9.61 Å². The average Bonchev–Trinajstić information content (AvgIpc) is 2.93. The van der Waals surface area contributed by atoms with Gasteiger partial charge in [-0.15, -0.1) is 10.2 Å². The molecule has 0 amide bonds. The highest BCUT2D eigenvalue weighted by Gasteiger charge is 2.26. The van der Waals surface area contributed by atoms with Gasteiger partial charge < -0.3 is 5.11 Å². The number of nitrogens with zero attached hydrogens (tertiary/aromatic N) is 4. The first-order chi connectivity index (χ1) is 9.72. The lowest BCUT2D eigenvalue weighted by Crippen LogP contribution is -2.12. The molecule has 0 radical (unpaired) electrons. The molecule has 1 aromatic carbocycles. The van der Waals surface area contributed by atoms with Crippen LogP contribution in [0.3, 0.4) is 0 Å². The number of rotatable bonds is 2. The molecule has 0 unspecified atom stereocenters. The average molecular weight is 286 g/mol. The molecular weight excluding hydrogens is 272 g/mol. The minimum atomic E-state index is 0.312. The van der Waals surface area contributed by atoms with E-state index in [1.54, 1.807) is 6.07 Å². The number of benzene rings is 1. The van der Waals surface area contributed by atoms with Crippen molar-refractivity contribution >= 4 is 16.3 Å². The molecule has 20 heavy (non-hydrogen) atoms. The van der Waals surface area contributed by atoms with Gasteiger partial charge in [0.15, 0.2) is 5.82 Å². The van der Waals surface area contributed by atoms with Crippen molar-refractivity contribution < 1.29 is 5.11 Å². The molecule has 2 aromatic heterocycles. The zero-order valence-corrected chi connectivity index (χ0v) is 11.9. The maximum Gasteiger partial charge on any atom is 0.234 e. The number of phenols is 1. The Kier molecular flexibility index (Phi) is 2.53. The molecule has 102 valence electrons. The number of phenolic OH excluding ortho intramolecular Hbond substituents is 1. The van der Waals surface area contributed by atoms with E-state index in [1.807, 2.05) is 23.6 Å². The maximum absolute atomic E-state index is 9.60. The number of aryl methyl sites for hydroxylation is 1. The zero-order valence-electron chi connectivity index (χ0n) is 11.1. The second-order valence-corrected chi connectivity index (χ2v) is 6.24. The Hall–Kier alpha value is -1.95. The smallest absolute Gasteiger partial charge is 0.234 e. The summed E-state index contributed by atoms with van der Waals surface area (Å²) in [4.78, 5) is 0.840. The maximum atomic E-state index is 9.60. The Labute approximate surface area is 119 Å². The van der Waals surface area contributed by atoms with Crippen molar-refractivity contribution in [2.24, 2.45) is 0 Å². The Bertz CT molecular complexity index is 788. The molecule has 0 spiro atoms. The van der Waals surface area contributed by atoms with E-state index in [4.69, 9.17) is 0 Å². The lowest BCUT2D eigenvalue weighted by molar-refractivity contribution is 0.395. The molecule has 0 saturated heterocycles. The van der Waals surface area contributed by atoms with Crippen molar-refractivity contribution in [3.63, 3.8) is 0 Å². The number of hydrogen-bond acceptors (Lipinski definition) is 5. The molecular formula is C14H14N4OS. The first kappa shape index (κ1) is 11.8. The van der Waals surface area contributed by atoms with E-state index < -0.39 is 0 Å². The standard InChI is InChI=1S/C14H14N4OS/c1-8-7-10(5-6-11(8)19)13-17-18-12(9-3-2-4-9)15-16-14(18)20-13/h5-7,9,19H,2-4H2,1H3. The summed E-state index contributed by atoms with van der Waals surface area (Å²) in [6.07, 6.45) is 3.64. The Morgan fingerprint density at radius 3 is 2.85 bits per heavy atom. The third-order valence-corrected chi connectivity index (χ3v) is 4.88. The monoisotopic (exact) mass is 286 g/mol. The van der Waals surface area contributed by atoms with Gasteiger partial charge in [-0.05, 0) is 43.5 Å². The Morgan fingerprint density at radius 2 is 2.15 bits per heavy atom. The van der Waals surface area contributed by atoms with Gasteiger partial charge in [-0.1, -0.05) is 17.8 Å². The summed E-state index contributed by atoms with van der Waals surface area (Å²) in [5.74, 6) is 1.82. The summed E-state index contributed by atoms with van der Waals surface area (Å²) in [6, 6.07) is 5.54. The Balaban J connectivity index is 1.80. The van der Waals surface area contributed by atoms with E-state index in [0.29, 0.717) is 11.7 Å². The highest BCUT2D eigenvalue weighted by atomic mass is 32.1. The van der Waals surface area contributed by atoms with E-state index >= 15 is 0 Å². The minimum absolute atomic E-state index is 0.312. The lowest BCUT2D eigenvalue weighted by atomic mass is 9.85. The fourth-order valence-corrected chi connectivity index (χ4v) is 3.30. The van der Waals surface area contributed by atoms with Gasteiger partial charge >= 0.3 is 0 Å². The van der Waals surface area contributed by atoms with Gasteiger partial charge in [0, 0.05) is 11.5 Å². The normalized spacial score (nSPS) is 15.7. The van der Waals surface area contributed by atoms with Gasteiger partial charge in [0.25, 0.3) is 0 Å². The lowest BCUT2D eigenvalue weighted by Gasteiger charge is -2.22. The van der Waals surface area contributed by atoms with E-state index in [-0.39, 0.29) is 0 Å². The summed E-state index contributed by atoms with van der Waals surface area (Å²) >= 11 is 1.53. The first-order valence-electron chi connectivity index (χ1n) is 6.74. The van der Waals surface area contributed by atoms with Crippen molar-refractivity contribution in [2.45, 2.75) is 32.1 Å². The molecule has 1 aliphatic carbocycles. The van der Waals surface area contributed by atoms with Crippen LogP contribution in [0.1, 0.15) is 36.6 Å². The van der Waals surface area contributed by atoms with Crippen LogP contribution in [0, 0.1) is 6.92 Å². The summed E-state index contributed by atoms with van der Waals surface area (Å²) in [7, 11) is 0. The third-order valence-electron chi connectivity index (χ3n) is 3.93. The van der Waals surface area contributed by atoms with Crippen molar-refractivity contribution in [3.05, 3.63) is 29.6 Å². The van der Waals surface area contributed by atoms with Crippen molar-refractivity contribution in [3.8, 4) is 16.3 Å². The second kappa shape index (κ2) is 4.28. The summed E-state index contributed by atoms with van der Waals surface area (Å²) < 4.78 is 1.88.